The Morgan fingerprint density at radius 1 is 1.12 bits per heavy atom. The van der Waals surface area contributed by atoms with Crippen molar-refractivity contribution in [2.24, 2.45) is 5.41 Å². The van der Waals surface area contributed by atoms with Gasteiger partial charge in [0.2, 0.25) is 11.8 Å². The van der Waals surface area contributed by atoms with Crippen molar-refractivity contribution in [3.63, 3.8) is 0 Å². The number of hydrogen-bond acceptors (Lipinski definition) is 4. The molecule has 3 heterocycles. The van der Waals surface area contributed by atoms with Gasteiger partial charge in [-0.3, -0.25) is 19.4 Å². The molecule has 8 heteroatoms. The smallest absolute Gasteiger partial charge is 0.254 e. The molecule has 0 spiro atoms. The maximum atomic E-state index is 13.3. The minimum atomic E-state index is -0.810. The number of carbonyl (C=O) groups is 3. The highest BCUT2D eigenvalue weighted by molar-refractivity contribution is 6.06. The second kappa shape index (κ2) is 8.62. The van der Waals surface area contributed by atoms with Crippen molar-refractivity contribution in [1.29, 1.82) is 0 Å². The van der Waals surface area contributed by atoms with Gasteiger partial charge in [-0.05, 0) is 35.4 Å². The molecule has 5 rings (SSSR count). The third kappa shape index (κ3) is 4.10. The number of rotatable bonds is 6. The molecule has 1 saturated heterocycles. The largest absolute Gasteiger partial charge is 0.360 e. The van der Waals surface area contributed by atoms with Gasteiger partial charge >= 0.3 is 0 Å². The van der Waals surface area contributed by atoms with E-state index in [-0.39, 0.29) is 30.7 Å². The molecule has 3 amide bonds. The fourth-order valence-corrected chi connectivity index (χ4v) is 4.42. The summed E-state index contributed by atoms with van der Waals surface area (Å²) in [5.74, 6) is -0.640. The molecule has 0 radical (unpaired) electrons. The topological polar surface area (TPSA) is 116 Å². The molecule has 2 unspecified atom stereocenters. The van der Waals surface area contributed by atoms with Crippen molar-refractivity contribution in [3.8, 4) is 0 Å². The summed E-state index contributed by atoms with van der Waals surface area (Å²) in [5.41, 5.74) is 1.28. The van der Waals surface area contributed by atoms with E-state index in [0.717, 1.165) is 27.2 Å². The number of amides is 3. The van der Waals surface area contributed by atoms with Crippen molar-refractivity contribution in [1.82, 2.24) is 25.9 Å². The van der Waals surface area contributed by atoms with Gasteiger partial charge < -0.3 is 20.9 Å². The maximum absolute atomic E-state index is 13.3. The monoisotopic (exact) mass is 455 g/mol. The average molecular weight is 456 g/mol. The molecule has 2 atom stereocenters. The van der Waals surface area contributed by atoms with E-state index in [1.54, 1.807) is 25.5 Å². The van der Waals surface area contributed by atoms with E-state index in [2.05, 4.69) is 25.9 Å². The molecule has 8 nitrogen and oxygen atoms in total. The van der Waals surface area contributed by atoms with Crippen LogP contribution in [0.15, 0.2) is 67.1 Å². The lowest BCUT2D eigenvalue weighted by Gasteiger charge is -2.25. The summed E-state index contributed by atoms with van der Waals surface area (Å²) in [6.07, 6.45) is 5.12. The van der Waals surface area contributed by atoms with Crippen molar-refractivity contribution in [2.45, 2.75) is 19.4 Å². The van der Waals surface area contributed by atoms with Crippen LogP contribution in [0.25, 0.3) is 21.7 Å². The van der Waals surface area contributed by atoms with E-state index >= 15 is 0 Å². The van der Waals surface area contributed by atoms with Crippen LogP contribution in [0, 0.1) is 5.41 Å². The van der Waals surface area contributed by atoms with Crippen molar-refractivity contribution < 1.29 is 14.4 Å². The molecule has 4 N–H and O–H groups in total. The minimum Gasteiger partial charge on any atom is -0.360 e. The lowest BCUT2D eigenvalue weighted by Crippen LogP contribution is -2.44. The zero-order valence-corrected chi connectivity index (χ0v) is 18.7. The molecule has 0 aliphatic carbocycles. The van der Waals surface area contributed by atoms with Crippen LogP contribution in [0.4, 0.5) is 0 Å². The molecule has 1 fully saturated rings. The third-order valence-corrected chi connectivity index (χ3v) is 6.44. The first kappa shape index (κ1) is 21.6. The first-order valence-corrected chi connectivity index (χ1v) is 11.2. The van der Waals surface area contributed by atoms with Gasteiger partial charge in [0.1, 0.15) is 0 Å². The molecule has 34 heavy (non-hydrogen) atoms. The van der Waals surface area contributed by atoms with E-state index in [1.165, 1.54) is 0 Å². The molecular weight excluding hydrogens is 430 g/mol. The lowest BCUT2D eigenvalue weighted by molar-refractivity contribution is -0.131. The van der Waals surface area contributed by atoms with Gasteiger partial charge in [0.15, 0.2) is 0 Å². The summed E-state index contributed by atoms with van der Waals surface area (Å²) in [7, 11) is 0. The Bertz CT molecular complexity index is 1410. The van der Waals surface area contributed by atoms with Crippen molar-refractivity contribution in [3.05, 3.63) is 78.2 Å². The normalized spacial score (nSPS) is 18.6. The van der Waals surface area contributed by atoms with Gasteiger partial charge in [0.05, 0.1) is 28.7 Å². The summed E-state index contributed by atoms with van der Waals surface area (Å²) in [6, 6.07) is 15.3. The number of nitrogens with zero attached hydrogens (tertiary/aromatic N) is 1. The Hall–Kier alpha value is -4.20. The first-order valence-electron chi connectivity index (χ1n) is 11.2. The Balaban J connectivity index is 1.42. The summed E-state index contributed by atoms with van der Waals surface area (Å²) >= 11 is 0. The van der Waals surface area contributed by atoms with E-state index < -0.39 is 11.5 Å². The number of aromatic nitrogens is 2. The van der Waals surface area contributed by atoms with Gasteiger partial charge in [0.25, 0.3) is 5.91 Å². The predicted octanol–water partition coefficient (Wildman–Crippen LogP) is 2.83. The second-order valence-electron chi connectivity index (χ2n) is 8.98. The summed E-state index contributed by atoms with van der Waals surface area (Å²) < 4.78 is 0. The Kier molecular flexibility index (Phi) is 5.49. The van der Waals surface area contributed by atoms with Gasteiger partial charge in [-0.15, -0.1) is 0 Å². The van der Waals surface area contributed by atoms with Gasteiger partial charge in [-0.1, -0.05) is 36.4 Å². The van der Waals surface area contributed by atoms with Gasteiger partial charge in [0, 0.05) is 37.3 Å². The highest BCUT2D eigenvalue weighted by atomic mass is 16.2. The molecule has 2 aromatic heterocycles. The fourth-order valence-electron chi connectivity index (χ4n) is 4.42. The van der Waals surface area contributed by atoms with E-state index in [4.69, 9.17) is 0 Å². The maximum Gasteiger partial charge on any atom is 0.254 e. The van der Waals surface area contributed by atoms with Crippen LogP contribution in [0.5, 0.6) is 0 Å². The molecular formula is C26H25N5O3. The zero-order valence-electron chi connectivity index (χ0n) is 18.7. The van der Waals surface area contributed by atoms with Crippen LogP contribution in [0.1, 0.15) is 35.3 Å². The summed E-state index contributed by atoms with van der Waals surface area (Å²) in [6.45, 7) is 2.25. The Morgan fingerprint density at radius 2 is 1.94 bits per heavy atom. The molecule has 1 aliphatic heterocycles. The van der Waals surface area contributed by atoms with Crippen molar-refractivity contribution in [2.75, 3.05) is 13.1 Å². The lowest BCUT2D eigenvalue weighted by atomic mass is 9.88. The highest BCUT2D eigenvalue weighted by Crippen LogP contribution is 2.26. The van der Waals surface area contributed by atoms with E-state index in [1.807, 2.05) is 48.5 Å². The van der Waals surface area contributed by atoms with E-state index in [9.17, 15) is 14.4 Å². The molecule has 0 bridgehead atoms. The highest BCUT2D eigenvalue weighted by Gasteiger charge is 2.40. The number of benzene rings is 2. The third-order valence-electron chi connectivity index (χ3n) is 6.44. The standard InChI is InChI=1S/C26H25N5O3/c1-26(11-23(32)30-15-26)25(34)29-14-21(18-7-6-16-4-2-3-5-17(16)10-18)31-24(33)20-12-27-13-22-19(20)8-9-28-22/h2-10,12-13,21,28H,11,14-15H2,1H3,(H,29,34)(H,30,32)(H,31,33). The van der Waals surface area contributed by atoms with Crippen LogP contribution in [-0.2, 0) is 9.59 Å². The Labute approximate surface area is 196 Å². The summed E-state index contributed by atoms with van der Waals surface area (Å²) in [5, 5.41) is 11.6. The summed E-state index contributed by atoms with van der Waals surface area (Å²) in [4.78, 5) is 45.1. The number of nitrogens with one attached hydrogen (secondary N) is 4. The molecule has 2 aromatic carbocycles. The number of hydrogen-bond donors (Lipinski definition) is 4. The van der Waals surface area contributed by atoms with Crippen LogP contribution < -0.4 is 16.0 Å². The molecule has 4 aromatic rings. The number of aromatic amines is 1. The number of carbonyl (C=O) groups excluding carboxylic acids is 3. The van der Waals surface area contributed by atoms with Crippen LogP contribution >= 0.6 is 0 Å². The van der Waals surface area contributed by atoms with E-state index in [0.29, 0.717) is 12.1 Å². The number of fused-ring (bicyclic) bond motifs is 2. The number of pyridine rings is 1. The SMILES string of the molecule is CC1(C(=O)NCC(NC(=O)c2cncc3[nH]ccc23)c2ccc3ccccc3c2)CNC(=O)C1. The van der Waals surface area contributed by atoms with Crippen LogP contribution in [0.3, 0.4) is 0 Å². The van der Waals surface area contributed by atoms with Gasteiger partial charge in [-0.25, -0.2) is 0 Å². The first-order chi connectivity index (χ1) is 16.4. The quantitative estimate of drug-likeness (QED) is 0.358. The molecule has 172 valence electrons. The average Bonchev–Trinajstić information content (AvgIpc) is 3.47. The number of H-pyrrole nitrogens is 1. The van der Waals surface area contributed by atoms with Crippen molar-refractivity contribution >= 4 is 39.4 Å². The van der Waals surface area contributed by atoms with Gasteiger partial charge in [-0.2, -0.15) is 0 Å². The Morgan fingerprint density at radius 3 is 2.74 bits per heavy atom. The minimum absolute atomic E-state index is 0.135. The fraction of sp³-hybridized carbons (Fsp3) is 0.231. The molecule has 1 aliphatic rings. The van der Waals surface area contributed by atoms with Crippen LogP contribution in [0.2, 0.25) is 0 Å². The zero-order chi connectivity index (χ0) is 23.7. The van der Waals surface area contributed by atoms with Crippen LogP contribution in [-0.4, -0.2) is 40.8 Å². The molecule has 0 saturated carbocycles. The predicted molar refractivity (Wildman–Crippen MR) is 129 cm³/mol. The second-order valence-corrected chi connectivity index (χ2v) is 8.98.